The lowest BCUT2D eigenvalue weighted by Gasteiger charge is -2.33. The number of likely N-dealkylation sites (tertiary alicyclic amines) is 1. The number of nitrogens with zero attached hydrogens (tertiary/aromatic N) is 4. The van der Waals surface area contributed by atoms with Gasteiger partial charge in [0, 0.05) is 49.7 Å². The van der Waals surface area contributed by atoms with Crippen molar-refractivity contribution in [2.75, 3.05) is 30.3 Å². The number of ether oxygens (including phenoxy) is 1. The molecule has 1 saturated heterocycles. The van der Waals surface area contributed by atoms with E-state index in [1.54, 1.807) is 29.3 Å². The molecule has 222 valence electrons. The van der Waals surface area contributed by atoms with Crippen LogP contribution in [0.15, 0.2) is 54.9 Å². The van der Waals surface area contributed by atoms with E-state index in [0.29, 0.717) is 48.0 Å². The number of hydrogen-bond acceptors (Lipinski definition) is 7. The van der Waals surface area contributed by atoms with Crippen molar-refractivity contribution in [3.05, 3.63) is 66.0 Å². The molecule has 0 saturated carbocycles. The van der Waals surface area contributed by atoms with Gasteiger partial charge in [0.15, 0.2) is 11.5 Å². The molecule has 4 N–H and O–H groups in total. The monoisotopic (exact) mass is 604 g/mol. The zero-order valence-electron chi connectivity index (χ0n) is 22.4. The highest BCUT2D eigenvalue weighted by atomic mass is 35.5. The minimum Gasteiger partial charge on any atom is -0.456 e. The Balaban J connectivity index is 0.00000405. The van der Waals surface area contributed by atoms with Gasteiger partial charge in [-0.15, -0.1) is 12.4 Å². The highest BCUT2D eigenvalue weighted by Gasteiger charge is 2.31. The molecule has 1 atom stereocenters. The first kappa shape index (κ1) is 30.4. The maximum atomic E-state index is 13.0. The Kier molecular flexibility index (Phi) is 9.35. The third-order valence-electron chi connectivity index (χ3n) is 6.47. The molecule has 1 aliphatic heterocycles. The molecule has 5 rings (SSSR count). The zero-order valence-corrected chi connectivity index (χ0v) is 23.2. The van der Waals surface area contributed by atoms with Crippen LogP contribution in [0.4, 0.5) is 29.6 Å². The number of hydrogen-bond donors (Lipinski definition) is 4. The van der Waals surface area contributed by atoms with Crippen molar-refractivity contribution in [1.82, 2.24) is 30.4 Å². The number of alkyl halides is 3. The van der Waals surface area contributed by atoms with E-state index in [2.05, 4.69) is 36.1 Å². The number of rotatable bonds is 7. The Morgan fingerprint density at radius 1 is 1.12 bits per heavy atom. The number of amides is 3. The number of carbonyl (C=O) groups excluding carboxylic acids is 2. The Bertz CT molecular complexity index is 1550. The normalized spacial score (nSPS) is 15.0. The first-order valence-corrected chi connectivity index (χ1v) is 13.0. The molecule has 3 aromatic heterocycles. The van der Waals surface area contributed by atoms with Crippen LogP contribution in [0.25, 0.3) is 11.0 Å². The second-order valence-electron chi connectivity index (χ2n) is 9.38. The standard InChI is InChI=1S/C27H27F3N8O3.ClH/c1-2-31-26(40)38-13-3-4-18(15-38)34-24-22-20(10-12-33-23(22)36-37-24)41-19-7-5-16(6-8-19)25(39)35-21-14-17(9-11-32-21)27(28,29)30;/h5-12,14,18H,2-4,13,15H2,1H3,(H,31,40)(H,32,35,39)(H2,33,34,36,37);1H/t18-;/m1./s1. The summed E-state index contributed by atoms with van der Waals surface area (Å²) < 4.78 is 45.0. The molecule has 0 spiro atoms. The van der Waals surface area contributed by atoms with Crippen LogP contribution in [-0.4, -0.2) is 62.7 Å². The molecule has 15 heteroatoms. The number of aromatic amines is 1. The molecular formula is C27H28ClF3N8O3. The van der Waals surface area contributed by atoms with E-state index < -0.39 is 17.6 Å². The smallest absolute Gasteiger partial charge is 0.416 e. The quantitative estimate of drug-likeness (QED) is 0.220. The lowest BCUT2D eigenvalue weighted by Crippen LogP contribution is -2.49. The summed E-state index contributed by atoms with van der Waals surface area (Å²) in [5, 5.41) is 16.5. The predicted molar refractivity (Wildman–Crippen MR) is 152 cm³/mol. The van der Waals surface area contributed by atoms with Crippen LogP contribution in [-0.2, 0) is 6.18 Å². The van der Waals surface area contributed by atoms with E-state index >= 15 is 0 Å². The lowest BCUT2D eigenvalue weighted by atomic mass is 10.1. The fourth-order valence-corrected chi connectivity index (χ4v) is 4.51. The number of anilines is 2. The Labute approximate surface area is 244 Å². The van der Waals surface area contributed by atoms with Crippen molar-refractivity contribution < 1.29 is 27.5 Å². The van der Waals surface area contributed by atoms with E-state index in [1.165, 1.54) is 12.1 Å². The Hall–Kier alpha value is -4.59. The van der Waals surface area contributed by atoms with Gasteiger partial charge in [-0.3, -0.25) is 9.89 Å². The number of urea groups is 1. The Morgan fingerprint density at radius 3 is 2.62 bits per heavy atom. The van der Waals surface area contributed by atoms with Crippen LogP contribution in [0, 0.1) is 0 Å². The SMILES string of the molecule is CCNC(=O)N1CCC[C@@H](Nc2n[nH]c3nccc(Oc4ccc(C(=O)Nc5cc(C(F)(F)F)ccn5)cc4)c23)C1.Cl. The Morgan fingerprint density at radius 2 is 1.88 bits per heavy atom. The third-order valence-corrected chi connectivity index (χ3v) is 6.47. The molecule has 1 aliphatic rings. The second-order valence-corrected chi connectivity index (χ2v) is 9.38. The van der Waals surface area contributed by atoms with Gasteiger partial charge in [-0.2, -0.15) is 18.3 Å². The molecule has 42 heavy (non-hydrogen) atoms. The number of aromatic nitrogens is 4. The van der Waals surface area contributed by atoms with Gasteiger partial charge in [-0.05, 0) is 56.2 Å². The molecule has 0 aliphatic carbocycles. The topological polar surface area (TPSA) is 137 Å². The first-order chi connectivity index (χ1) is 19.7. The minimum atomic E-state index is -4.55. The summed E-state index contributed by atoms with van der Waals surface area (Å²) in [4.78, 5) is 34.8. The summed E-state index contributed by atoms with van der Waals surface area (Å²) in [5.41, 5.74) is -0.201. The van der Waals surface area contributed by atoms with Crippen LogP contribution >= 0.6 is 12.4 Å². The number of piperidine rings is 1. The van der Waals surface area contributed by atoms with Gasteiger partial charge >= 0.3 is 12.2 Å². The zero-order chi connectivity index (χ0) is 29.0. The summed E-state index contributed by atoms with van der Waals surface area (Å²) in [6.07, 6.45) is -0.285. The molecular weight excluding hydrogens is 577 g/mol. The van der Waals surface area contributed by atoms with Crippen LogP contribution in [0.2, 0.25) is 0 Å². The number of fused-ring (bicyclic) bond motifs is 1. The largest absolute Gasteiger partial charge is 0.456 e. The highest BCUT2D eigenvalue weighted by Crippen LogP contribution is 2.34. The minimum absolute atomic E-state index is 0. The number of halogens is 4. The molecule has 1 fully saturated rings. The van der Waals surface area contributed by atoms with Crippen LogP contribution in [0.1, 0.15) is 35.7 Å². The van der Waals surface area contributed by atoms with Crippen LogP contribution in [0.3, 0.4) is 0 Å². The van der Waals surface area contributed by atoms with Crippen molar-refractivity contribution in [2.45, 2.75) is 32.0 Å². The van der Waals surface area contributed by atoms with E-state index in [9.17, 15) is 22.8 Å². The molecule has 3 amide bonds. The number of nitrogens with one attached hydrogen (secondary N) is 4. The van der Waals surface area contributed by atoms with Crippen molar-refractivity contribution in [3.8, 4) is 11.5 Å². The van der Waals surface area contributed by atoms with Crippen LogP contribution < -0.4 is 20.7 Å². The lowest BCUT2D eigenvalue weighted by molar-refractivity contribution is -0.137. The molecule has 0 unspecified atom stereocenters. The molecule has 0 radical (unpaired) electrons. The van der Waals surface area contributed by atoms with Crippen molar-refractivity contribution in [1.29, 1.82) is 0 Å². The highest BCUT2D eigenvalue weighted by molar-refractivity contribution is 6.03. The third kappa shape index (κ3) is 7.00. The number of H-pyrrole nitrogens is 1. The fraction of sp³-hybridized carbons (Fsp3) is 0.296. The van der Waals surface area contributed by atoms with Gasteiger partial charge in [-0.1, -0.05) is 0 Å². The summed E-state index contributed by atoms with van der Waals surface area (Å²) in [6.45, 7) is 3.65. The van der Waals surface area contributed by atoms with Gasteiger partial charge in [0.25, 0.3) is 5.91 Å². The average molecular weight is 605 g/mol. The van der Waals surface area contributed by atoms with Gasteiger partial charge < -0.3 is 25.6 Å². The molecule has 1 aromatic carbocycles. The average Bonchev–Trinajstić information content (AvgIpc) is 3.37. The summed E-state index contributed by atoms with van der Waals surface area (Å²) >= 11 is 0. The van der Waals surface area contributed by atoms with Crippen LogP contribution in [0.5, 0.6) is 11.5 Å². The van der Waals surface area contributed by atoms with E-state index in [0.717, 1.165) is 31.2 Å². The molecule has 4 heterocycles. The number of carbonyl (C=O) groups is 2. The summed E-state index contributed by atoms with van der Waals surface area (Å²) in [7, 11) is 0. The molecule has 11 nitrogen and oxygen atoms in total. The van der Waals surface area contributed by atoms with E-state index in [-0.39, 0.29) is 35.9 Å². The molecule has 0 bridgehead atoms. The van der Waals surface area contributed by atoms with Crippen molar-refractivity contribution in [3.63, 3.8) is 0 Å². The van der Waals surface area contributed by atoms with Gasteiger partial charge in [-0.25, -0.2) is 14.8 Å². The predicted octanol–water partition coefficient (Wildman–Crippen LogP) is 5.44. The van der Waals surface area contributed by atoms with E-state index in [1.807, 2.05) is 6.92 Å². The maximum absolute atomic E-state index is 13.0. The fourth-order valence-electron chi connectivity index (χ4n) is 4.51. The second kappa shape index (κ2) is 12.9. The summed E-state index contributed by atoms with van der Waals surface area (Å²) in [5.74, 6) is 0.587. The van der Waals surface area contributed by atoms with Gasteiger partial charge in [0.2, 0.25) is 0 Å². The van der Waals surface area contributed by atoms with Gasteiger partial charge in [0.05, 0.1) is 5.56 Å². The summed E-state index contributed by atoms with van der Waals surface area (Å²) in [6, 6.07) is 9.28. The van der Waals surface area contributed by atoms with Crippen molar-refractivity contribution >= 4 is 47.0 Å². The maximum Gasteiger partial charge on any atom is 0.416 e. The van der Waals surface area contributed by atoms with E-state index in [4.69, 9.17) is 4.74 Å². The molecule has 4 aromatic rings. The number of benzene rings is 1. The van der Waals surface area contributed by atoms with Crippen molar-refractivity contribution in [2.24, 2.45) is 0 Å². The first-order valence-electron chi connectivity index (χ1n) is 13.0. The number of pyridine rings is 2. The van der Waals surface area contributed by atoms with Gasteiger partial charge in [0.1, 0.15) is 22.7 Å².